The van der Waals surface area contributed by atoms with Crippen molar-refractivity contribution in [3.8, 4) is 11.8 Å². The first-order valence-electron chi connectivity index (χ1n) is 4.52. The topological polar surface area (TPSA) is 12.0 Å². The third kappa shape index (κ3) is 1.41. The van der Waals surface area contributed by atoms with Crippen LogP contribution >= 0.6 is 0 Å². The van der Waals surface area contributed by atoms with Crippen LogP contribution in [0.4, 0.5) is 0 Å². The van der Waals surface area contributed by atoms with Crippen LogP contribution in [-0.4, -0.2) is 12.1 Å². The van der Waals surface area contributed by atoms with Gasteiger partial charge in [-0.2, -0.15) is 0 Å². The van der Waals surface area contributed by atoms with Crippen LogP contribution in [-0.2, 0) is 0 Å². The number of hydrogen-bond donors (Lipinski definition) is 1. The molecule has 1 N–H and O–H groups in total. The molecule has 0 saturated heterocycles. The maximum atomic E-state index is 3.56. The van der Waals surface area contributed by atoms with Gasteiger partial charge in [-0.05, 0) is 38.5 Å². The van der Waals surface area contributed by atoms with Crippen LogP contribution in [0.3, 0.4) is 0 Å². The molecule has 0 bridgehead atoms. The van der Waals surface area contributed by atoms with Crippen LogP contribution in [0.15, 0.2) is 0 Å². The Hall–Kier alpha value is -0.480. The molecule has 0 unspecified atom stereocenters. The highest BCUT2D eigenvalue weighted by Gasteiger charge is 2.53. The summed E-state index contributed by atoms with van der Waals surface area (Å²) < 4.78 is 0. The molecule has 0 radical (unpaired) electrons. The maximum Gasteiger partial charge on any atom is 0.0580 e. The lowest BCUT2D eigenvalue weighted by atomic mass is 10.1. The predicted molar refractivity (Wildman–Crippen MR) is 46.1 cm³/mol. The molecule has 1 nitrogen and oxygen atoms in total. The van der Waals surface area contributed by atoms with E-state index in [4.69, 9.17) is 0 Å². The van der Waals surface area contributed by atoms with Gasteiger partial charge in [0.1, 0.15) is 0 Å². The summed E-state index contributed by atoms with van der Waals surface area (Å²) >= 11 is 0. The molecule has 2 saturated carbocycles. The Morgan fingerprint density at radius 1 is 1.45 bits per heavy atom. The zero-order valence-electron chi connectivity index (χ0n) is 7.11. The predicted octanol–water partition coefficient (Wildman–Crippen LogP) is 1.54. The molecule has 2 aliphatic rings. The highest BCUT2D eigenvalue weighted by molar-refractivity contribution is 5.13. The fourth-order valence-corrected chi connectivity index (χ4v) is 1.81. The van der Waals surface area contributed by atoms with Crippen molar-refractivity contribution in [2.45, 2.75) is 38.1 Å². The summed E-state index contributed by atoms with van der Waals surface area (Å²) in [6.45, 7) is 2.80. The Morgan fingerprint density at radius 2 is 2.18 bits per heavy atom. The molecule has 0 aromatic carbocycles. The SMILES string of the molecule is CC#CCNC1(C2CC2)CC1. The van der Waals surface area contributed by atoms with Gasteiger partial charge in [-0.15, -0.1) is 5.92 Å². The van der Waals surface area contributed by atoms with E-state index in [9.17, 15) is 0 Å². The molecule has 1 heteroatoms. The van der Waals surface area contributed by atoms with E-state index in [1.54, 1.807) is 0 Å². The van der Waals surface area contributed by atoms with E-state index in [1.165, 1.54) is 25.7 Å². The van der Waals surface area contributed by atoms with Gasteiger partial charge in [0.05, 0.1) is 6.54 Å². The van der Waals surface area contributed by atoms with Crippen molar-refractivity contribution in [3.05, 3.63) is 0 Å². The fourth-order valence-electron chi connectivity index (χ4n) is 1.81. The summed E-state index contributed by atoms with van der Waals surface area (Å²) in [5.74, 6) is 6.98. The second-order valence-electron chi connectivity index (χ2n) is 3.71. The number of rotatable bonds is 3. The van der Waals surface area contributed by atoms with E-state index < -0.39 is 0 Å². The quantitative estimate of drug-likeness (QED) is 0.600. The second kappa shape index (κ2) is 2.53. The Labute approximate surface area is 68.6 Å². The molecule has 0 aromatic rings. The lowest BCUT2D eigenvalue weighted by molar-refractivity contribution is 0.471. The van der Waals surface area contributed by atoms with Crippen molar-refractivity contribution >= 4 is 0 Å². The second-order valence-corrected chi connectivity index (χ2v) is 3.71. The van der Waals surface area contributed by atoms with E-state index >= 15 is 0 Å². The monoisotopic (exact) mass is 149 g/mol. The van der Waals surface area contributed by atoms with Gasteiger partial charge in [-0.25, -0.2) is 0 Å². The molecule has 0 spiro atoms. The van der Waals surface area contributed by atoms with Crippen molar-refractivity contribution in [2.24, 2.45) is 5.92 Å². The van der Waals surface area contributed by atoms with E-state index in [-0.39, 0.29) is 0 Å². The van der Waals surface area contributed by atoms with Crippen molar-refractivity contribution in [2.75, 3.05) is 6.54 Å². The summed E-state index contributed by atoms with van der Waals surface area (Å²) in [6.07, 6.45) is 5.69. The molecule has 60 valence electrons. The highest BCUT2D eigenvalue weighted by atomic mass is 15.0. The molecule has 11 heavy (non-hydrogen) atoms. The zero-order valence-corrected chi connectivity index (χ0v) is 7.11. The first-order chi connectivity index (χ1) is 5.37. The first-order valence-corrected chi connectivity index (χ1v) is 4.52. The summed E-state index contributed by atoms with van der Waals surface area (Å²) in [4.78, 5) is 0. The Balaban J connectivity index is 1.78. The van der Waals surface area contributed by atoms with Gasteiger partial charge in [0.15, 0.2) is 0 Å². The standard InChI is InChI=1S/C10H15N/c1-2-3-8-11-10(6-7-10)9-4-5-9/h9,11H,4-8H2,1H3. The van der Waals surface area contributed by atoms with Gasteiger partial charge < -0.3 is 5.32 Å². The molecule has 0 aromatic heterocycles. The van der Waals surface area contributed by atoms with Crippen LogP contribution in [0.2, 0.25) is 0 Å². The third-order valence-corrected chi connectivity index (χ3v) is 2.85. The van der Waals surface area contributed by atoms with Crippen LogP contribution in [0.5, 0.6) is 0 Å². The van der Waals surface area contributed by atoms with E-state index in [0.29, 0.717) is 5.54 Å². The fraction of sp³-hybridized carbons (Fsp3) is 0.800. The minimum absolute atomic E-state index is 0.559. The third-order valence-electron chi connectivity index (χ3n) is 2.85. The normalized spacial score (nSPS) is 25.5. The van der Waals surface area contributed by atoms with Crippen molar-refractivity contribution in [1.29, 1.82) is 0 Å². The molecule has 2 aliphatic carbocycles. The van der Waals surface area contributed by atoms with Gasteiger partial charge in [-0.1, -0.05) is 5.92 Å². The number of hydrogen-bond acceptors (Lipinski definition) is 1. The van der Waals surface area contributed by atoms with Gasteiger partial charge >= 0.3 is 0 Å². The summed E-state index contributed by atoms with van der Waals surface area (Å²) in [5, 5.41) is 3.56. The molecular formula is C10H15N. The minimum Gasteiger partial charge on any atom is -0.300 e. The van der Waals surface area contributed by atoms with Gasteiger partial charge in [0, 0.05) is 5.54 Å². The van der Waals surface area contributed by atoms with Gasteiger partial charge in [-0.3, -0.25) is 0 Å². The number of nitrogens with one attached hydrogen (secondary N) is 1. The molecular weight excluding hydrogens is 134 g/mol. The Kier molecular flexibility index (Phi) is 1.65. The average Bonchev–Trinajstić information content (AvgIpc) is 2.84. The lowest BCUT2D eigenvalue weighted by Gasteiger charge is -2.13. The zero-order chi connectivity index (χ0) is 7.73. The summed E-state index contributed by atoms with van der Waals surface area (Å²) in [6, 6.07) is 0. The highest BCUT2D eigenvalue weighted by Crippen LogP contribution is 2.53. The molecule has 0 aliphatic heterocycles. The first kappa shape index (κ1) is 7.18. The largest absolute Gasteiger partial charge is 0.300 e. The maximum absolute atomic E-state index is 3.56. The van der Waals surface area contributed by atoms with Crippen molar-refractivity contribution in [3.63, 3.8) is 0 Å². The van der Waals surface area contributed by atoms with Crippen LogP contribution in [0.25, 0.3) is 0 Å². The van der Waals surface area contributed by atoms with E-state index in [2.05, 4.69) is 17.2 Å². The summed E-state index contributed by atoms with van der Waals surface area (Å²) in [5.41, 5.74) is 0.559. The van der Waals surface area contributed by atoms with Crippen LogP contribution in [0.1, 0.15) is 32.6 Å². The summed E-state index contributed by atoms with van der Waals surface area (Å²) in [7, 11) is 0. The molecule has 2 rings (SSSR count). The van der Waals surface area contributed by atoms with Crippen molar-refractivity contribution in [1.82, 2.24) is 5.32 Å². The van der Waals surface area contributed by atoms with Crippen LogP contribution < -0.4 is 5.32 Å². The van der Waals surface area contributed by atoms with E-state index in [1.807, 2.05) is 6.92 Å². The Bertz CT molecular complexity index is 201. The van der Waals surface area contributed by atoms with Gasteiger partial charge in [0.2, 0.25) is 0 Å². The molecule has 0 amide bonds. The minimum atomic E-state index is 0.559. The molecule has 2 fully saturated rings. The lowest BCUT2D eigenvalue weighted by Crippen LogP contribution is -2.33. The Morgan fingerprint density at radius 3 is 2.64 bits per heavy atom. The van der Waals surface area contributed by atoms with Crippen molar-refractivity contribution < 1.29 is 0 Å². The van der Waals surface area contributed by atoms with Crippen LogP contribution in [0, 0.1) is 17.8 Å². The average molecular weight is 149 g/mol. The molecule has 0 atom stereocenters. The smallest absolute Gasteiger partial charge is 0.0580 e. The molecule has 0 heterocycles. The van der Waals surface area contributed by atoms with E-state index in [0.717, 1.165) is 12.5 Å². The van der Waals surface area contributed by atoms with Gasteiger partial charge in [0.25, 0.3) is 0 Å².